The van der Waals surface area contributed by atoms with Crippen LogP contribution in [0.25, 0.3) is 0 Å². The van der Waals surface area contributed by atoms with Gasteiger partial charge in [-0.05, 0) is 13.3 Å². The van der Waals surface area contributed by atoms with Gasteiger partial charge in [-0.15, -0.1) is 0 Å². The van der Waals surface area contributed by atoms with Crippen LogP contribution >= 0.6 is 0 Å². The fraction of sp³-hybridized carbons (Fsp3) is 0.818. The highest BCUT2D eigenvalue weighted by Gasteiger charge is 2.35. The lowest BCUT2D eigenvalue weighted by Crippen LogP contribution is -2.42. The van der Waals surface area contributed by atoms with Gasteiger partial charge in [0.15, 0.2) is 5.78 Å². The normalized spacial score (nSPS) is 19.9. The largest absolute Gasteiger partial charge is 0.450 e. The number of hydrogen-bond acceptors (Lipinski definition) is 4. The molecule has 5 heteroatoms. The van der Waals surface area contributed by atoms with Crippen LogP contribution in [0, 0.1) is 0 Å². The molecule has 0 aromatic heterocycles. The molecule has 0 unspecified atom stereocenters. The molecule has 1 rings (SSSR count). The number of nitrogens with zero attached hydrogens (tertiary/aromatic N) is 1. The molecule has 1 saturated heterocycles. The van der Waals surface area contributed by atoms with Crippen molar-refractivity contribution in [2.75, 3.05) is 19.9 Å². The molecule has 16 heavy (non-hydrogen) atoms. The minimum Gasteiger partial charge on any atom is -0.450 e. The number of ketones is 1. The van der Waals surface area contributed by atoms with Crippen molar-refractivity contribution >= 4 is 11.9 Å². The molecule has 0 bridgehead atoms. The van der Waals surface area contributed by atoms with Crippen LogP contribution in [0.4, 0.5) is 4.79 Å². The third kappa shape index (κ3) is 3.20. The molecule has 0 spiro atoms. The number of carbonyl (C=O) groups excluding carboxylic acids is 2. The third-order valence-corrected chi connectivity index (χ3v) is 2.53. The summed E-state index contributed by atoms with van der Waals surface area (Å²) < 4.78 is 10.0. The monoisotopic (exact) mass is 229 g/mol. The first-order valence-electron chi connectivity index (χ1n) is 5.74. The Bertz CT molecular complexity index is 254. The topological polar surface area (TPSA) is 55.8 Å². The van der Waals surface area contributed by atoms with E-state index < -0.39 is 12.1 Å². The second-order valence-electron chi connectivity index (χ2n) is 3.75. The van der Waals surface area contributed by atoms with Gasteiger partial charge in [0.05, 0.1) is 13.2 Å². The van der Waals surface area contributed by atoms with Gasteiger partial charge >= 0.3 is 6.09 Å². The Morgan fingerprint density at radius 2 is 2.19 bits per heavy atom. The molecule has 1 aliphatic rings. The van der Waals surface area contributed by atoms with Crippen LogP contribution in [-0.2, 0) is 14.3 Å². The average molecular weight is 229 g/mol. The van der Waals surface area contributed by atoms with E-state index in [-0.39, 0.29) is 12.5 Å². The van der Waals surface area contributed by atoms with E-state index in [1.807, 2.05) is 6.92 Å². The second-order valence-corrected chi connectivity index (χ2v) is 3.75. The van der Waals surface area contributed by atoms with Crippen LogP contribution in [0.5, 0.6) is 0 Å². The summed E-state index contributed by atoms with van der Waals surface area (Å²) in [4.78, 5) is 24.7. The summed E-state index contributed by atoms with van der Waals surface area (Å²) in [5.74, 6) is 0.0624. The average Bonchev–Trinajstić information content (AvgIpc) is 2.75. The molecule has 92 valence electrons. The van der Waals surface area contributed by atoms with Crippen LogP contribution in [0.2, 0.25) is 0 Å². The fourth-order valence-corrected chi connectivity index (χ4v) is 1.61. The lowest BCUT2D eigenvalue weighted by atomic mass is 10.1. The third-order valence-electron chi connectivity index (χ3n) is 2.53. The lowest BCUT2D eigenvalue weighted by molar-refractivity contribution is -0.122. The van der Waals surface area contributed by atoms with Gasteiger partial charge in [0.1, 0.15) is 12.8 Å². The fourth-order valence-electron chi connectivity index (χ4n) is 1.61. The van der Waals surface area contributed by atoms with Gasteiger partial charge in [0, 0.05) is 6.42 Å². The Labute approximate surface area is 95.7 Å². The minimum atomic E-state index is -0.463. The van der Waals surface area contributed by atoms with E-state index in [1.165, 1.54) is 4.90 Å². The van der Waals surface area contributed by atoms with Crippen LogP contribution < -0.4 is 0 Å². The van der Waals surface area contributed by atoms with Crippen molar-refractivity contribution in [1.29, 1.82) is 0 Å². The van der Waals surface area contributed by atoms with Crippen molar-refractivity contribution in [2.45, 2.75) is 39.2 Å². The van der Waals surface area contributed by atoms with Gasteiger partial charge in [0.25, 0.3) is 0 Å². The van der Waals surface area contributed by atoms with E-state index in [9.17, 15) is 9.59 Å². The molecule has 0 N–H and O–H groups in total. The summed E-state index contributed by atoms with van der Waals surface area (Å²) >= 11 is 0. The molecule has 0 aliphatic carbocycles. The zero-order chi connectivity index (χ0) is 12.0. The van der Waals surface area contributed by atoms with E-state index in [0.29, 0.717) is 19.6 Å². The van der Waals surface area contributed by atoms with Crippen molar-refractivity contribution in [3.63, 3.8) is 0 Å². The first-order chi connectivity index (χ1) is 7.70. The number of Topliss-reactive ketones (excluding diaryl/α,β-unsaturated/α-hetero) is 1. The Balaban J connectivity index is 2.51. The van der Waals surface area contributed by atoms with E-state index in [4.69, 9.17) is 9.47 Å². The molecular formula is C11H19NO4. The number of unbranched alkanes of at least 4 members (excludes halogenated alkanes) is 1. The highest BCUT2D eigenvalue weighted by Crippen LogP contribution is 2.14. The van der Waals surface area contributed by atoms with Gasteiger partial charge < -0.3 is 9.47 Å². The maximum Gasteiger partial charge on any atom is 0.412 e. The summed E-state index contributed by atoms with van der Waals surface area (Å²) in [6.07, 6.45) is 1.86. The number of ether oxygens (including phenoxy) is 2. The first kappa shape index (κ1) is 13.0. The maximum absolute atomic E-state index is 11.8. The van der Waals surface area contributed by atoms with Crippen LogP contribution in [0.1, 0.15) is 33.1 Å². The summed E-state index contributed by atoms with van der Waals surface area (Å²) in [6.45, 7) is 4.53. The standard InChI is InChI=1S/C11H19NO4/c1-3-5-6-10(13)9-7-15-8-12(9)11(14)16-4-2/h9H,3-8H2,1-2H3/t9-/m0/s1. The van der Waals surface area contributed by atoms with E-state index in [0.717, 1.165) is 12.8 Å². The molecular weight excluding hydrogens is 210 g/mol. The lowest BCUT2D eigenvalue weighted by Gasteiger charge is -2.20. The molecule has 0 aromatic carbocycles. The second kappa shape index (κ2) is 6.48. The quantitative estimate of drug-likeness (QED) is 0.718. The smallest absolute Gasteiger partial charge is 0.412 e. The first-order valence-corrected chi connectivity index (χ1v) is 5.74. The number of rotatable bonds is 5. The van der Waals surface area contributed by atoms with Crippen molar-refractivity contribution < 1.29 is 19.1 Å². The molecule has 1 aliphatic heterocycles. The Hall–Kier alpha value is -1.10. The molecule has 5 nitrogen and oxygen atoms in total. The van der Waals surface area contributed by atoms with Gasteiger partial charge in [-0.2, -0.15) is 0 Å². The van der Waals surface area contributed by atoms with Crippen LogP contribution in [-0.4, -0.2) is 42.8 Å². The number of amides is 1. The zero-order valence-corrected chi connectivity index (χ0v) is 9.90. The van der Waals surface area contributed by atoms with E-state index >= 15 is 0 Å². The number of carbonyl (C=O) groups is 2. The van der Waals surface area contributed by atoms with Crippen molar-refractivity contribution in [1.82, 2.24) is 4.90 Å². The molecule has 0 radical (unpaired) electrons. The van der Waals surface area contributed by atoms with E-state index in [2.05, 4.69) is 0 Å². The predicted molar refractivity (Wildman–Crippen MR) is 58.0 cm³/mol. The summed E-state index contributed by atoms with van der Waals surface area (Å²) in [5, 5.41) is 0. The molecule has 1 heterocycles. The van der Waals surface area contributed by atoms with Gasteiger partial charge in [0.2, 0.25) is 0 Å². The Morgan fingerprint density at radius 3 is 2.81 bits per heavy atom. The molecule has 1 fully saturated rings. The summed E-state index contributed by atoms with van der Waals surface area (Å²) in [5.41, 5.74) is 0. The highest BCUT2D eigenvalue weighted by atomic mass is 16.6. The van der Waals surface area contributed by atoms with Gasteiger partial charge in [-0.3, -0.25) is 9.69 Å². The molecule has 1 amide bonds. The van der Waals surface area contributed by atoms with Crippen molar-refractivity contribution in [3.05, 3.63) is 0 Å². The van der Waals surface area contributed by atoms with Crippen molar-refractivity contribution in [3.8, 4) is 0 Å². The minimum absolute atomic E-state index is 0.0624. The van der Waals surface area contributed by atoms with Gasteiger partial charge in [-0.1, -0.05) is 13.3 Å². The van der Waals surface area contributed by atoms with Gasteiger partial charge in [-0.25, -0.2) is 4.79 Å². The highest BCUT2D eigenvalue weighted by molar-refractivity contribution is 5.87. The molecule has 0 saturated carbocycles. The maximum atomic E-state index is 11.8. The van der Waals surface area contributed by atoms with E-state index in [1.54, 1.807) is 6.92 Å². The summed E-state index contributed by atoms with van der Waals surface area (Å²) in [7, 11) is 0. The SMILES string of the molecule is CCCCC(=O)[C@@H]1COCN1C(=O)OCC. The summed E-state index contributed by atoms with van der Waals surface area (Å²) in [6, 6.07) is -0.453. The Kier molecular flexibility index (Phi) is 5.25. The van der Waals surface area contributed by atoms with Crippen molar-refractivity contribution in [2.24, 2.45) is 0 Å². The molecule has 1 atom stereocenters. The van der Waals surface area contributed by atoms with Crippen LogP contribution in [0.3, 0.4) is 0 Å². The number of hydrogen-bond donors (Lipinski definition) is 0. The predicted octanol–water partition coefficient (Wildman–Crippen LogP) is 1.56. The Morgan fingerprint density at radius 1 is 1.44 bits per heavy atom. The molecule has 0 aromatic rings. The zero-order valence-electron chi connectivity index (χ0n) is 9.90. The van der Waals surface area contributed by atoms with Crippen LogP contribution in [0.15, 0.2) is 0 Å².